The van der Waals surface area contributed by atoms with E-state index in [4.69, 9.17) is 4.74 Å². The van der Waals surface area contributed by atoms with Gasteiger partial charge in [-0.3, -0.25) is 9.79 Å². The number of thiophene rings is 1. The van der Waals surface area contributed by atoms with Crippen molar-refractivity contribution in [1.29, 1.82) is 0 Å². The fourth-order valence-electron chi connectivity index (χ4n) is 3.29. The highest BCUT2D eigenvalue weighted by Gasteiger charge is 2.19. The molecule has 0 unspecified atom stereocenters. The first-order chi connectivity index (χ1) is 14.2. The van der Waals surface area contributed by atoms with Gasteiger partial charge in [-0.2, -0.15) is 0 Å². The van der Waals surface area contributed by atoms with Crippen LogP contribution in [0.15, 0.2) is 46.8 Å². The largest absolute Gasteiger partial charge is 0.497 e. The Labute approximate surface area is 176 Å². The zero-order valence-corrected chi connectivity index (χ0v) is 17.9. The monoisotopic (exact) mass is 415 g/mol. The number of benzene rings is 1. The summed E-state index contributed by atoms with van der Waals surface area (Å²) in [5.41, 5.74) is 1.22. The first kappa shape index (κ1) is 21.0. The molecule has 3 rings (SSSR count). The lowest BCUT2D eigenvalue weighted by Gasteiger charge is -2.37. The molecular weight excluding hydrogens is 386 g/mol. The van der Waals surface area contributed by atoms with Crippen molar-refractivity contribution < 1.29 is 9.53 Å². The number of carbonyl (C=O) groups is 1. The Morgan fingerprint density at radius 1 is 1.10 bits per heavy atom. The maximum absolute atomic E-state index is 11.9. The van der Waals surface area contributed by atoms with Gasteiger partial charge in [0.25, 0.3) is 5.91 Å². The van der Waals surface area contributed by atoms with Gasteiger partial charge in [-0.1, -0.05) is 6.07 Å². The molecule has 2 heterocycles. The Balaban J connectivity index is 1.37. The number of rotatable bonds is 7. The molecule has 156 valence electrons. The number of anilines is 1. The van der Waals surface area contributed by atoms with Crippen LogP contribution in [0.5, 0.6) is 5.75 Å². The Morgan fingerprint density at radius 3 is 2.45 bits per heavy atom. The predicted octanol–water partition coefficient (Wildman–Crippen LogP) is 2.27. The van der Waals surface area contributed by atoms with Gasteiger partial charge in [0.15, 0.2) is 5.96 Å². The smallest absolute Gasteiger partial charge is 0.261 e. The minimum Gasteiger partial charge on any atom is -0.497 e. The number of methoxy groups -OCH3 is 1. The third kappa shape index (κ3) is 5.87. The Bertz CT molecular complexity index is 784. The fraction of sp³-hybridized carbons (Fsp3) is 0.429. The van der Waals surface area contributed by atoms with E-state index >= 15 is 0 Å². The molecule has 0 radical (unpaired) electrons. The number of hydrogen-bond donors (Lipinski definition) is 2. The number of guanidine groups is 1. The van der Waals surface area contributed by atoms with E-state index in [1.807, 2.05) is 36.7 Å². The molecule has 0 bridgehead atoms. The van der Waals surface area contributed by atoms with E-state index < -0.39 is 0 Å². The predicted molar refractivity (Wildman–Crippen MR) is 119 cm³/mol. The van der Waals surface area contributed by atoms with Crippen molar-refractivity contribution in [2.75, 3.05) is 58.3 Å². The summed E-state index contributed by atoms with van der Waals surface area (Å²) in [6, 6.07) is 11.9. The van der Waals surface area contributed by atoms with Gasteiger partial charge in [-0.25, -0.2) is 0 Å². The molecule has 1 aliphatic heterocycles. The number of ether oxygens (including phenoxy) is 1. The highest BCUT2D eigenvalue weighted by Crippen LogP contribution is 2.20. The minimum atomic E-state index is -0.000893. The third-order valence-electron chi connectivity index (χ3n) is 4.90. The molecule has 8 heteroatoms. The van der Waals surface area contributed by atoms with E-state index in [1.54, 1.807) is 7.11 Å². The minimum absolute atomic E-state index is 0.000893. The Hall–Kier alpha value is -2.74. The first-order valence-electron chi connectivity index (χ1n) is 9.87. The number of carbonyl (C=O) groups excluding carboxylic acids is 1. The molecule has 1 aromatic heterocycles. The molecule has 1 fully saturated rings. The van der Waals surface area contributed by atoms with Crippen LogP contribution in [0.1, 0.15) is 16.1 Å². The van der Waals surface area contributed by atoms with Crippen LogP contribution in [0.2, 0.25) is 0 Å². The van der Waals surface area contributed by atoms with E-state index in [-0.39, 0.29) is 5.91 Å². The van der Waals surface area contributed by atoms with Gasteiger partial charge in [-0.05, 0) is 42.1 Å². The summed E-state index contributed by atoms with van der Waals surface area (Å²) in [6.45, 7) is 5.15. The zero-order valence-electron chi connectivity index (χ0n) is 17.1. The molecule has 1 aliphatic rings. The van der Waals surface area contributed by atoms with Crippen molar-refractivity contribution in [1.82, 2.24) is 15.5 Å². The van der Waals surface area contributed by atoms with Gasteiger partial charge in [0, 0.05) is 52.0 Å². The molecule has 1 amide bonds. The number of nitrogens with zero attached hydrogens (tertiary/aromatic N) is 3. The van der Waals surface area contributed by atoms with E-state index in [2.05, 4.69) is 37.6 Å². The average Bonchev–Trinajstić information content (AvgIpc) is 3.31. The van der Waals surface area contributed by atoms with Crippen molar-refractivity contribution in [2.45, 2.75) is 6.42 Å². The van der Waals surface area contributed by atoms with Crippen molar-refractivity contribution in [3.63, 3.8) is 0 Å². The van der Waals surface area contributed by atoms with Crippen LogP contribution >= 0.6 is 11.3 Å². The molecule has 0 aliphatic carbocycles. The molecule has 0 spiro atoms. The van der Waals surface area contributed by atoms with Crippen LogP contribution in [0.4, 0.5) is 5.69 Å². The van der Waals surface area contributed by atoms with Gasteiger partial charge < -0.3 is 25.2 Å². The first-order valence-corrected chi connectivity index (χ1v) is 10.8. The van der Waals surface area contributed by atoms with Crippen molar-refractivity contribution in [2.24, 2.45) is 4.99 Å². The fourth-order valence-corrected chi connectivity index (χ4v) is 3.93. The quantitative estimate of drug-likeness (QED) is 0.413. The van der Waals surface area contributed by atoms with E-state index in [0.717, 1.165) is 55.7 Å². The lowest BCUT2D eigenvalue weighted by atomic mass is 10.2. The van der Waals surface area contributed by atoms with Gasteiger partial charge in [0.1, 0.15) is 5.75 Å². The van der Waals surface area contributed by atoms with Crippen LogP contribution in [-0.4, -0.2) is 70.2 Å². The van der Waals surface area contributed by atoms with Gasteiger partial charge >= 0.3 is 0 Å². The van der Waals surface area contributed by atoms with Crippen LogP contribution in [-0.2, 0) is 0 Å². The highest BCUT2D eigenvalue weighted by atomic mass is 32.1. The second kappa shape index (κ2) is 10.7. The summed E-state index contributed by atoms with van der Waals surface area (Å²) in [5, 5.41) is 8.27. The Morgan fingerprint density at radius 2 is 1.83 bits per heavy atom. The lowest BCUT2D eigenvalue weighted by molar-refractivity contribution is 0.0957. The second-order valence-corrected chi connectivity index (χ2v) is 7.68. The van der Waals surface area contributed by atoms with Gasteiger partial charge in [0.05, 0.1) is 12.0 Å². The maximum Gasteiger partial charge on any atom is 0.261 e. The number of aliphatic imine (C=N–C) groups is 1. The number of amides is 1. The molecular formula is C21H29N5O2S. The number of nitrogens with one attached hydrogen (secondary N) is 2. The summed E-state index contributed by atoms with van der Waals surface area (Å²) >= 11 is 1.46. The molecule has 29 heavy (non-hydrogen) atoms. The average molecular weight is 416 g/mol. The van der Waals surface area contributed by atoms with Crippen LogP contribution in [0, 0.1) is 0 Å². The molecule has 1 aromatic carbocycles. The van der Waals surface area contributed by atoms with Crippen molar-refractivity contribution in [3.05, 3.63) is 46.7 Å². The summed E-state index contributed by atoms with van der Waals surface area (Å²) in [4.78, 5) is 21.8. The Kier molecular flexibility index (Phi) is 7.75. The van der Waals surface area contributed by atoms with Gasteiger partial charge in [-0.15, -0.1) is 11.3 Å². The molecule has 7 nitrogen and oxygen atoms in total. The van der Waals surface area contributed by atoms with Crippen molar-refractivity contribution in [3.8, 4) is 5.75 Å². The summed E-state index contributed by atoms with van der Waals surface area (Å²) in [5.74, 6) is 1.80. The standard InChI is InChI=1S/C21H29N5O2S/c1-22-21(24-11-4-10-23-20(27)19-5-3-16-29-19)26-14-12-25(13-15-26)17-6-8-18(28-2)9-7-17/h3,5-9,16H,4,10-15H2,1-2H3,(H,22,24)(H,23,27). The summed E-state index contributed by atoms with van der Waals surface area (Å²) in [7, 11) is 3.50. The normalized spacial score (nSPS) is 14.6. The van der Waals surface area contributed by atoms with E-state index in [0.29, 0.717) is 6.54 Å². The zero-order chi connectivity index (χ0) is 20.5. The van der Waals surface area contributed by atoms with Gasteiger partial charge in [0.2, 0.25) is 0 Å². The third-order valence-corrected chi connectivity index (χ3v) is 5.76. The lowest BCUT2D eigenvalue weighted by Crippen LogP contribution is -2.52. The SMILES string of the molecule is CN=C(NCCCNC(=O)c1cccs1)N1CCN(c2ccc(OC)cc2)CC1. The second-order valence-electron chi connectivity index (χ2n) is 6.73. The topological polar surface area (TPSA) is 69.2 Å². The molecule has 1 saturated heterocycles. The molecule has 2 aromatic rings. The number of hydrogen-bond acceptors (Lipinski definition) is 5. The van der Waals surface area contributed by atoms with Crippen LogP contribution in [0.25, 0.3) is 0 Å². The summed E-state index contributed by atoms with van der Waals surface area (Å²) < 4.78 is 5.23. The molecule has 0 saturated carbocycles. The van der Waals surface area contributed by atoms with E-state index in [1.165, 1.54) is 17.0 Å². The van der Waals surface area contributed by atoms with Crippen LogP contribution in [0.3, 0.4) is 0 Å². The maximum atomic E-state index is 11.9. The van der Waals surface area contributed by atoms with Crippen molar-refractivity contribution >= 4 is 28.9 Å². The number of piperazine rings is 1. The molecule has 2 N–H and O–H groups in total. The van der Waals surface area contributed by atoms with E-state index in [9.17, 15) is 4.79 Å². The summed E-state index contributed by atoms with van der Waals surface area (Å²) in [6.07, 6.45) is 0.849. The van der Waals surface area contributed by atoms with Crippen LogP contribution < -0.4 is 20.3 Å². The molecule has 0 atom stereocenters. The highest BCUT2D eigenvalue weighted by molar-refractivity contribution is 7.12.